The number of hydrogen-bond donors (Lipinski definition) is 0. The van der Waals surface area contributed by atoms with E-state index in [0.717, 1.165) is 30.6 Å². The van der Waals surface area contributed by atoms with Crippen molar-refractivity contribution in [3.8, 4) is 17.1 Å². The summed E-state index contributed by atoms with van der Waals surface area (Å²) in [5.74, 6) is 1.72. The third kappa shape index (κ3) is 3.50. The first-order valence-electron chi connectivity index (χ1n) is 9.57. The molecule has 0 unspecified atom stereocenters. The van der Waals surface area contributed by atoms with Crippen LogP contribution in [0.15, 0.2) is 53.1 Å². The maximum atomic E-state index is 13.0. The fourth-order valence-electron chi connectivity index (χ4n) is 3.57. The number of carbonyl (C=O) groups is 1. The molecule has 1 atom stereocenters. The topological polar surface area (TPSA) is 68.5 Å². The lowest BCUT2D eigenvalue weighted by Gasteiger charge is -2.22. The van der Waals surface area contributed by atoms with Crippen LogP contribution in [0.1, 0.15) is 47.6 Å². The van der Waals surface area contributed by atoms with Crippen LogP contribution in [0.3, 0.4) is 0 Å². The highest BCUT2D eigenvalue weighted by atomic mass is 16.5. The molecule has 3 aromatic rings. The lowest BCUT2D eigenvalue weighted by atomic mass is 10.1. The van der Waals surface area contributed by atoms with Crippen LogP contribution in [0, 0.1) is 0 Å². The van der Waals surface area contributed by atoms with Crippen molar-refractivity contribution in [3.63, 3.8) is 0 Å². The molecule has 0 saturated carbocycles. The molecule has 0 bridgehead atoms. The Morgan fingerprint density at radius 1 is 1.25 bits per heavy atom. The Kier molecular flexibility index (Phi) is 5.10. The number of likely N-dealkylation sites (tertiary alicyclic amines) is 1. The van der Waals surface area contributed by atoms with Crippen molar-refractivity contribution in [1.82, 2.24) is 15.0 Å². The summed E-state index contributed by atoms with van der Waals surface area (Å²) in [5.41, 5.74) is 2.73. The largest absolute Gasteiger partial charge is 0.497 e. The Bertz CT molecular complexity index is 965. The monoisotopic (exact) mass is 377 g/mol. The number of aryl methyl sites for hydroxylation is 1. The molecule has 1 saturated heterocycles. The quantitative estimate of drug-likeness (QED) is 0.664. The average molecular weight is 377 g/mol. The number of hydrogen-bond acceptors (Lipinski definition) is 5. The van der Waals surface area contributed by atoms with Crippen LogP contribution in [0.5, 0.6) is 5.75 Å². The van der Waals surface area contributed by atoms with Gasteiger partial charge in [0.15, 0.2) is 0 Å². The molecule has 0 spiro atoms. The van der Waals surface area contributed by atoms with E-state index in [9.17, 15) is 4.79 Å². The van der Waals surface area contributed by atoms with E-state index in [1.165, 1.54) is 5.56 Å². The molecular formula is C22H23N3O3. The number of nitrogens with zero attached hydrogens (tertiary/aromatic N) is 3. The fraction of sp³-hybridized carbons (Fsp3) is 0.318. The van der Waals surface area contributed by atoms with Crippen molar-refractivity contribution >= 4 is 5.91 Å². The minimum atomic E-state index is -0.190. The van der Waals surface area contributed by atoms with Crippen molar-refractivity contribution in [1.29, 1.82) is 0 Å². The van der Waals surface area contributed by atoms with E-state index in [1.807, 2.05) is 53.4 Å². The molecule has 1 fully saturated rings. The lowest BCUT2D eigenvalue weighted by Crippen LogP contribution is -2.30. The highest BCUT2D eigenvalue weighted by Crippen LogP contribution is 2.33. The lowest BCUT2D eigenvalue weighted by molar-refractivity contribution is 0.0710. The Balaban J connectivity index is 1.56. The van der Waals surface area contributed by atoms with E-state index in [0.29, 0.717) is 23.8 Å². The number of aromatic nitrogens is 2. The molecule has 1 amide bonds. The zero-order valence-corrected chi connectivity index (χ0v) is 16.1. The Morgan fingerprint density at radius 2 is 2.07 bits per heavy atom. The van der Waals surface area contributed by atoms with Gasteiger partial charge in [-0.1, -0.05) is 36.3 Å². The van der Waals surface area contributed by atoms with Gasteiger partial charge < -0.3 is 14.2 Å². The van der Waals surface area contributed by atoms with Crippen LogP contribution in [-0.2, 0) is 6.42 Å². The van der Waals surface area contributed by atoms with Gasteiger partial charge in [0.25, 0.3) is 5.91 Å². The van der Waals surface area contributed by atoms with Crippen molar-refractivity contribution in [3.05, 3.63) is 65.5 Å². The zero-order chi connectivity index (χ0) is 19.5. The summed E-state index contributed by atoms with van der Waals surface area (Å²) in [6.07, 6.45) is 2.69. The van der Waals surface area contributed by atoms with Gasteiger partial charge in [-0.15, -0.1) is 0 Å². The third-order valence-corrected chi connectivity index (χ3v) is 5.18. The summed E-state index contributed by atoms with van der Waals surface area (Å²) in [4.78, 5) is 19.4. The third-order valence-electron chi connectivity index (χ3n) is 5.18. The van der Waals surface area contributed by atoms with Gasteiger partial charge in [0.1, 0.15) is 11.8 Å². The number of carbonyl (C=O) groups excluding carboxylic acids is 1. The van der Waals surface area contributed by atoms with Gasteiger partial charge in [-0.25, -0.2) is 0 Å². The maximum absolute atomic E-state index is 13.0. The van der Waals surface area contributed by atoms with Crippen LogP contribution in [-0.4, -0.2) is 34.6 Å². The summed E-state index contributed by atoms with van der Waals surface area (Å²) in [5, 5.41) is 4.12. The van der Waals surface area contributed by atoms with Gasteiger partial charge in [-0.05, 0) is 49.1 Å². The highest BCUT2D eigenvalue weighted by molar-refractivity contribution is 5.94. The van der Waals surface area contributed by atoms with Gasteiger partial charge in [0.2, 0.25) is 11.7 Å². The highest BCUT2D eigenvalue weighted by Gasteiger charge is 2.34. The SMILES string of the molecule is CCc1ccc(C(=O)N2CCC[C@H]2c2nc(-c3cccc(OC)c3)no2)cc1. The summed E-state index contributed by atoms with van der Waals surface area (Å²) in [7, 11) is 1.62. The molecule has 6 nitrogen and oxygen atoms in total. The van der Waals surface area contributed by atoms with Gasteiger partial charge in [0, 0.05) is 17.7 Å². The molecule has 2 aromatic carbocycles. The summed E-state index contributed by atoms with van der Waals surface area (Å²) >= 11 is 0. The smallest absolute Gasteiger partial charge is 0.254 e. The summed E-state index contributed by atoms with van der Waals surface area (Å²) in [6, 6.07) is 15.1. The molecule has 4 rings (SSSR count). The number of rotatable bonds is 5. The molecule has 144 valence electrons. The van der Waals surface area contributed by atoms with E-state index < -0.39 is 0 Å². The zero-order valence-electron chi connectivity index (χ0n) is 16.1. The first-order chi connectivity index (χ1) is 13.7. The van der Waals surface area contributed by atoms with Crippen LogP contribution < -0.4 is 4.74 Å². The van der Waals surface area contributed by atoms with Crippen LogP contribution in [0.2, 0.25) is 0 Å². The van der Waals surface area contributed by atoms with Gasteiger partial charge in [0.05, 0.1) is 7.11 Å². The molecule has 28 heavy (non-hydrogen) atoms. The van der Waals surface area contributed by atoms with Crippen LogP contribution in [0.4, 0.5) is 0 Å². The Hall–Kier alpha value is -3.15. The Morgan fingerprint density at radius 3 is 2.82 bits per heavy atom. The van der Waals surface area contributed by atoms with Crippen molar-refractivity contribution < 1.29 is 14.1 Å². The van der Waals surface area contributed by atoms with Crippen molar-refractivity contribution in [2.45, 2.75) is 32.2 Å². The second-order valence-corrected chi connectivity index (χ2v) is 6.90. The van der Waals surface area contributed by atoms with Crippen LogP contribution in [0.25, 0.3) is 11.4 Å². The van der Waals surface area contributed by atoms with Gasteiger partial charge in [-0.2, -0.15) is 4.98 Å². The van der Waals surface area contributed by atoms with E-state index in [1.54, 1.807) is 7.11 Å². The molecule has 1 aromatic heterocycles. The van der Waals surface area contributed by atoms with E-state index in [-0.39, 0.29) is 11.9 Å². The molecular weight excluding hydrogens is 354 g/mol. The average Bonchev–Trinajstić information content (AvgIpc) is 3.43. The Labute approximate surface area is 164 Å². The molecule has 1 aliphatic rings. The van der Waals surface area contributed by atoms with Gasteiger partial charge in [-0.3, -0.25) is 4.79 Å². The minimum absolute atomic E-state index is 0.00582. The minimum Gasteiger partial charge on any atom is -0.497 e. The molecule has 2 heterocycles. The molecule has 6 heteroatoms. The normalized spacial score (nSPS) is 16.4. The molecule has 0 aliphatic carbocycles. The predicted molar refractivity (Wildman–Crippen MR) is 105 cm³/mol. The van der Waals surface area contributed by atoms with E-state index in [4.69, 9.17) is 9.26 Å². The standard InChI is InChI=1S/C22H23N3O3/c1-3-15-9-11-16(12-10-15)22(26)25-13-5-8-19(25)21-23-20(24-28-21)17-6-4-7-18(14-17)27-2/h4,6-7,9-12,14,19H,3,5,8,13H2,1-2H3/t19-/m0/s1. The van der Waals surface area contributed by atoms with Crippen molar-refractivity contribution in [2.24, 2.45) is 0 Å². The summed E-state index contributed by atoms with van der Waals surface area (Å²) < 4.78 is 10.8. The first-order valence-corrected chi connectivity index (χ1v) is 9.57. The number of benzene rings is 2. The molecule has 1 aliphatic heterocycles. The molecule has 0 N–H and O–H groups in total. The first kappa shape index (κ1) is 18.2. The maximum Gasteiger partial charge on any atom is 0.254 e. The van der Waals surface area contributed by atoms with Gasteiger partial charge >= 0.3 is 0 Å². The predicted octanol–water partition coefficient (Wildman–Crippen LogP) is 4.28. The van der Waals surface area contributed by atoms with E-state index in [2.05, 4.69) is 17.1 Å². The number of methoxy groups -OCH3 is 1. The molecule has 0 radical (unpaired) electrons. The number of ether oxygens (including phenoxy) is 1. The second-order valence-electron chi connectivity index (χ2n) is 6.90. The number of amides is 1. The van der Waals surface area contributed by atoms with Crippen LogP contribution >= 0.6 is 0 Å². The summed E-state index contributed by atoms with van der Waals surface area (Å²) in [6.45, 7) is 2.79. The second kappa shape index (κ2) is 7.84. The van der Waals surface area contributed by atoms with Crippen molar-refractivity contribution in [2.75, 3.05) is 13.7 Å². The van der Waals surface area contributed by atoms with E-state index >= 15 is 0 Å². The fourth-order valence-corrected chi connectivity index (χ4v) is 3.57.